The van der Waals surface area contributed by atoms with Gasteiger partial charge in [-0.05, 0) is 56.2 Å². The number of carbonyl (C=O) groups is 5. The number of imide groups is 1. The SMILES string of the molecule is CC(C)CC(C(=O)OCC(=O)Nc1cccc(C(=O)NC2CC2)c1)N1C(=O)C2CC=CCC2C1=O. The maximum Gasteiger partial charge on any atom is 0.329 e. The van der Waals surface area contributed by atoms with E-state index in [1.165, 1.54) is 0 Å². The van der Waals surface area contributed by atoms with E-state index >= 15 is 0 Å². The Hall–Kier alpha value is -3.49. The summed E-state index contributed by atoms with van der Waals surface area (Å²) < 4.78 is 5.25. The van der Waals surface area contributed by atoms with E-state index in [1.807, 2.05) is 26.0 Å². The van der Waals surface area contributed by atoms with Crippen LogP contribution in [-0.2, 0) is 23.9 Å². The van der Waals surface area contributed by atoms with Crippen molar-refractivity contribution >= 4 is 35.3 Å². The molecule has 1 aliphatic heterocycles. The van der Waals surface area contributed by atoms with Crippen LogP contribution < -0.4 is 10.6 Å². The quantitative estimate of drug-likeness (QED) is 0.317. The van der Waals surface area contributed by atoms with E-state index in [0.717, 1.165) is 17.7 Å². The topological polar surface area (TPSA) is 122 Å². The smallest absolute Gasteiger partial charge is 0.329 e. The van der Waals surface area contributed by atoms with E-state index in [2.05, 4.69) is 10.6 Å². The number of amides is 4. The fourth-order valence-electron chi connectivity index (χ4n) is 4.55. The lowest BCUT2D eigenvalue weighted by molar-refractivity contribution is -0.160. The molecule has 9 nitrogen and oxygen atoms in total. The van der Waals surface area contributed by atoms with Crippen LogP contribution in [-0.4, -0.2) is 53.2 Å². The molecule has 2 aliphatic carbocycles. The van der Waals surface area contributed by atoms with Crippen LogP contribution in [0.3, 0.4) is 0 Å². The summed E-state index contributed by atoms with van der Waals surface area (Å²) in [6.07, 6.45) is 6.94. The van der Waals surface area contributed by atoms with Crippen LogP contribution >= 0.6 is 0 Å². The van der Waals surface area contributed by atoms with Gasteiger partial charge >= 0.3 is 5.97 Å². The average Bonchev–Trinajstić information content (AvgIpc) is 3.61. The predicted octanol–water partition coefficient (Wildman–Crippen LogP) is 2.43. The first kappa shape index (κ1) is 24.6. The zero-order valence-electron chi connectivity index (χ0n) is 20.0. The second-order valence-corrected chi connectivity index (χ2v) is 9.83. The molecular weight excluding hydrogens is 450 g/mol. The molecule has 9 heteroatoms. The van der Waals surface area contributed by atoms with Gasteiger partial charge in [0.05, 0.1) is 11.8 Å². The standard InChI is InChI=1S/C26H31N3O6/c1-15(2)12-21(29-24(32)19-8-3-4-9-20(19)25(29)33)26(34)35-14-22(30)27-18-7-5-6-16(13-18)23(31)28-17-10-11-17/h3-7,13,15,17,19-21H,8-12,14H2,1-2H3,(H,27,30)(H,28,31). The van der Waals surface area contributed by atoms with Gasteiger partial charge in [0.15, 0.2) is 6.61 Å². The Morgan fingerprint density at radius 1 is 1.06 bits per heavy atom. The van der Waals surface area contributed by atoms with Crippen LogP contribution in [0.2, 0.25) is 0 Å². The Labute approximate surface area is 204 Å². The Morgan fingerprint density at radius 3 is 2.31 bits per heavy atom. The van der Waals surface area contributed by atoms with Gasteiger partial charge in [-0.2, -0.15) is 0 Å². The van der Waals surface area contributed by atoms with Crippen molar-refractivity contribution < 1.29 is 28.7 Å². The number of allylic oxidation sites excluding steroid dienone is 2. The Kier molecular flexibility index (Phi) is 7.33. The van der Waals surface area contributed by atoms with Gasteiger partial charge in [0.25, 0.3) is 11.8 Å². The predicted molar refractivity (Wildman–Crippen MR) is 127 cm³/mol. The minimum Gasteiger partial charge on any atom is -0.454 e. The zero-order chi connectivity index (χ0) is 25.1. The monoisotopic (exact) mass is 481 g/mol. The first-order valence-corrected chi connectivity index (χ1v) is 12.1. The number of esters is 1. The molecule has 35 heavy (non-hydrogen) atoms. The van der Waals surface area contributed by atoms with E-state index in [9.17, 15) is 24.0 Å². The summed E-state index contributed by atoms with van der Waals surface area (Å²) in [4.78, 5) is 64.6. The van der Waals surface area contributed by atoms with Gasteiger partial charge in [-0.1, -0.05) is 32.1 Å². The number of rotatable bonds is 9. The highest BCUT2D eigenvalue weighted by Crippen LogP contribution is 2.37. The molecule has 4 rings (SSSR count). The number of carbonyl (C=O) groups excluding carboxylic acids is 5. The van der Waals surface area contributed by atoms with Crippen LogP contribution in [0.15, 0.2) is 36.4 Å². The number of benzene rings is 1. The van der Waals surface area contributed by atoms with Crippen molar-refractivity contribution in [1.29, 1.82) is 0 Å². The molecule has 3 aliphatic rings. The summed E-state index contributed by atoms with van der Waals surface area (Å²) in [6, 6.07) is 5.64. The largest absolute Gasteiger partial charge is 0.454 e. The molecule has 1 aromatic rings. The summed E-state index contributed by atoms with van der Waals surface area (Å²) in [6.45, 7) is 3.20. The molecule has 1 aromatic carbocycles. The van der Waals surface area contributed by atoms with E-state index in [4.69, 9.17) is 4.74 Å². The number of hydrogen-bond donors (Lipinski definition) is 2. The van der Waals surface area contributed by atoms with Crippen LogP contribution in [0.5, 0.6) is 0 Å². The first-order valence-electron chi connectivity index (χ1n) is 12.1. The van der Waals surface area contributed by atoms with Crippen LogP contribution in [0.1, 0.15) is 56.3 Å². The molecule has 0 bridgehead atoms. The molecule has 3 atom stereocenters. The number of anilines is 1. The van der Waals surface area contributed by atoms with E-state index < -0.39 is 36.4 Å². The van der Waals surface area contributed by atoms with Gasteiger partial charge in [-0.3, -0.25) is 24.1 Å². The fourth-order valence-corrected chi connectivity index (χ4v) is 4.55. The lowest BCUT2D eigenvalue weighted by Crippen LogP contribution is -2.47. The summed E-state index contributed by atoms with van der Waals surface area (Å²) >= 11 is 0. The molecule has 1 saturated heterocycles. The Bertz CT molecular complexity index is 1030. The molecule has 1 saturated carbocycles. The van der Waals surface area contributed by atoms with E-state index in [-0.39, 0.29) is 36.1 Å². The summed E-state index contributed by atoms with van der Waals surface area (Å²) in [7, 11) is 0. The molecule has 0 aromatic heterocycles. The Balaban J connectivity index is 1.36. The van der Waals surface area contributed by atoms with Crippen molar-refractivity contribution in [2.45, 2.75) is 58.0 Å². The molecule has 186 valence electrons. The summed E-state index contributed by atoms with van der Waals surface area (Å²) in [5.74, 6) is -3.13. The fraction of sp³-hybridized carbons (Fsp3) is 0.500. The first-order chi connectivity index (χ1) is 16.7. The van der Waals surface area contributed by atoms with Crippen molar-refractivity contribution in [3.8, 4) is 0 Å². The molecule has 2 fully saturated rings. The maximum absolute atomic E-state index is 13.0. The normalized spacial score (nSPS) is 22.1. The highest BCUT2D eigenvalue weighted by Gasteiger charge is 2.51. The molecule has 0 radical (unpaired) electrons. The molecule has 3 unspecified atom stereocenters. The van der Waals surface area contributed by atoms with Crippen molar-refractivity contribution in [2.24, 2.45) is 17.8 Å². The highest BCUT2D eigenvalue weighted by molar-refractivity contribution is 6.08. The molecule has 2 N–H and O–H groups in total. The molecule has 1 heterocycles. The maximum atomic E-state index is 13.0. The van der Waals surface area contributed by atoms with Gasteiger partial charge in [-0.25, -0.2) is 4.79 Å². The summed E-state index contributed by atoms with van der Waals surface area (Å²) in [5, 5.41) is 5.50. The number of likely N-dealkylation sites (tertiary alicyclic amines) is 1. The van der Waals surface area contributed by atoms with Gasteiger partial charge in [-0.15, -0.1) is 0 Å². The molecule has 4 amide bonds. The van der Waals surface area contributed by atoms with Gasteiger partial charge < -0.3 is 15.4 Å². The van der Waals surface area contributed by atoms with Crippen LogP contribution in [0.4, 0.5) is 5.69 Å². The number of fused-ring (bicyclic) bond motifs is 1. The van der Waals surface area contributed by atoms with Crippen molar-refractivity contribution in [3.63, 3.8) is 0 Å². The van der Waals surface area contributed by atoms with Crippen LogP contribution in [0, 0.1) is 17.8 Å². The van der Waals surface area contributed by atoms with Crippen molar-refractivity contribution in [3.05, 3.63) is 42.0 Å². The minimum atomic E-state index is -1.07. The third-order valence-corrected chi connectivity index (χ3v) is 6.49. The second kappa shape index (κ2) is 10.4. The lowest BCUT2D eigenvalue weighted by atomic mass is 9.85. The van der Waals surface area contributed by atoms with Crippen molar-refractivity contribution in [2.75, 3.05) is 11.9 Å². The van der Waals surface area contributed by atoms with Gasteiger partial charge in [0, 0.05) is 17.3 Å². The van der Waals surface area contributed by atoms with E-state index in [1.54, 1.807) is 24.3 Å². The lowest BCUT2D eigenvalue weighted by Gasteiger charge is -2.26. The minimum absolute atomic E-state index is 0.0206. The third kappa shape index (κ3) is 5.78. The van der Waals surface area contributed by atoms with Gasteiger partial charge in [0.1, 0.15) is 6.04 Å². The Morgan fingerprint density at radius 2 is 1.71 bits per heavy atom. The molecule has 0 spiro atoms. The highest BCUT2D eigenvalue weighted by atomic mass is 16.5. The zero-order valence-corrected chi connectivity index (χ0v) is 20.0. The second-order valence-electron chi connectivity index (χ2n) is 9.83. The number of nitrogens with zero attached hydrogens (tertiary/aromatic N) is 1. The van der Waals surface area contributed by atoms with E-state index in [0.29, 0.717) is 24.1 Å². The summed E-state index contributed by atoms with van der Waals surface area (Å²) in [5.41, 5.74) is 0.820. The average molecular weight is 482 g/mol. The van der Waals surface area contributed by atoms with Crippen molar-refractivity contribution in [1.82, 2.24) is 10.2 Å². The van der Waals surface area contributed by atoms with Gasteiger partial charge in [0.2, 0.25) is 11.8 Å². The number of nitrogens with one attached hydrogen (secondary N) is 2. The molecular formula is C26H31N3O6. The number of hydrogen-bond acceptors (Lipinski definition) is 6. The number of ether oxygens (including phenoxy) is 1. The van der Waals surface area contributed by atoms with Crippen LogP contribution in [0.25, 0.3) is 0 Å². The third-order valence-electron chi connectivity index (χ3n) is 6.49.